The van der Waals surface area contributed by atoms with Gasteiger partial charge in [0.15, 0.2) is 0 Å². The predicted molar refractivity (Wildman–Crippen MR) is 134 cm³/mol. The number of hydrogen-bond donors (Lipinski definition) is 0. The average Bonchev–Trinajstić information content (AvgIpc) is 2.87. The Morgan fingerprint density at radius 3 is 2.50 bits per heavy atom. The van der Waals surface area contributed by atoms with Gasteiger partial charge in [-0.3, -0.25) is 9.10 Å². The summed E-state index contributed by atoms with van der Waals surface area (Å²) in [7, 11) is -0.833. The van der Waals surface area contributed by atoms with E-state index in [0.717, 1.165) is 24.0 Å². The van der Waals surface area contributed by atoms with Crippen LogP contribution in [0.4, 0.5) is 5.69 Å². The number of anilines is 1. The number of hydrogen-bond acceptors (Lipinski definition) is 4. The molecule has 0 saturated carbocycles. The molecule has 3 aromatic carbocycles. The number of aryl methyl sites for hydroxylation is 1. The molecule has 178 valence electrons. The lowest BCUT2D eigenvalue weighted by Gasteiger charge is -2.31. The second kappa shape index (κ2) is 9.68. The van der Waals surface area contributed by atoms with Crippen molar-refractivity contribution in [3.8, 4) is 5.75 Å². The summed E-state index contributed by atoms with van der Waals surface area (Å²) in [5, 5.41) is 0.620. The standard InChI is InChI=1S/C26H27ClN2O4S/c1-18(19-10-13-22(27)14-11-19)28(2)26(30)21-12-15-24(33-3)25(17-21)34(31,32)29-16-6-8-20-7-4-5-9-23(20)29/h4-5,7,9-15,17-18H,6,8,16H2,1-3H3. The van der Waals surface area contributed by atoms with Crippen LogP contribution in [0, 0.1) is 0 Å². The SMILES string of the molecule is COc1ccc(C(=O)N(C)C(C)c2ccc(Cl)cc2)cc1S(=O)(=O)N1CCCc2ccccc21. The van der Waals surface area contributed by atoms with Gasteiger partial charge in [-0.2, -0.15) is 0 Å². The van der Waals surface area contributed by atoms with Crippen LogP contribution in [0.1, 0.15) is 40.9 Å². The van der Waals surface area contributed by atoms with Crippen LogP contribution in [0.25, 0.3) is 0 Å². The molecule has 3 aromatic rings. The fourth-order valence-corrected chi connectivity index (χ4v) is 6.07. The van der Waals surface area contributed by atoms with E-state index in [1.165, 1.54) is 23.5 Å². The van der Waals surface area contributed by atoms with Crippen molar-refractivity contribution in [1.82, 2.24) is 4.90 Å². The number of amides is 1. The van der Waals surface area contributed by atoms with Gasteiger partial charge < -0.3 is 9.64 Å². The first-order valence-electron chi connectivity index (χ1n) is 11.1. The second-order valence-corrected chi connectivity index (χ2v) is 10.6. The van der Waals surface area contributed by atoms with Crippen molar-refractivity contribution in [2.75, 3.05) is 25.0 Å². The Morgan fingerprint density at radius 2 is 1.79 bits per heavy atom. The highest BCUT2D eigenvalue weighted by molar-refractivity contribution is 7.93. The van der Waals surface area contributed by atoms with Crippen molar-refractivity contribution in [1.29, 1.82) is 0 Å². The van der Waals surface area contributed by atoms with E-state index < -0.39 is 10.0 Å². The third kappa shape index (κ3) is 4.50. The van der Waals surface area contributed by atoms with Crippen molar-refractivity contribution in [3.05, 3.63) is 88.4 Å². The zero-order chi connectivity index (χ0) is 24.5. The molecule has 1 aliphatic heterocycles. The lowest BCUT2D eigenvalue weighted by atomic mass is 10.0. The summed E-state index contributed by atoms with van der Waals surface area (Å²) in [5.74, 6) is -0.0893. The first-order valence-corrected chi connectivity index (χ1v) is 12.9. The first-order chi connectivity index (χ1) is 16.2. The van der Waals surface area contributed by atoms with E-state index in [9.17, 15) is 13.2 Å². The van der Waals surface area contributed by atoms with Crippen LogP contribution < -0.4 is 9.04 Å². The Morgan fingerprint density at radius 1 is 1.09 bits per heavy atom. The number of rotatable bonds is 6. The molecule has 8 heteroatoms. The van der Waals surface area contributed by atoms with Crippen molar-refractivity contribution in [2.24, 2.45) is 0 Å². The van der Waals surface area contributed by atoms with Crippen molar-refractivity contribution < 1.29 is 17.9 Å². The van der Waals surface area contributed by atoms with Gasteiger partial charge in [0.2, 0.25) is 0 Å². The lowest BCUT2D eigenvalue weighted by Crippen LogP contribution is -2.36. The highest BCUT2D eigenvalue weighted by atomic mass is 35.5. The van der Waals surface area contributed by atoms with Crippen LogP contribution in [-0.2, 0) is 16.4 Å². The van der Waals surface area contributed by atoms with Gasteiger partial charge in [0.05, 0.1) is 18.8 Å². The van der Waals surface area contributed by atoms with Crippen LogP contribution >= 0.6 is 11.6 Å². The molecule has 0 N–H and O–H groups in total. The number of carbonyl (C=O) groups is 1. The smallest absolute Gasteiger partial charge is 0.268 e. The van der Waals surface area contributed by atoms with Gasteiger partial charge in [0.25, 0.3) is 15.9 Å². The Bertz CT molecular complexity index is 1310. The Hall–Kier alpha value is -3.03. The third-order valence-corrected chi connectivity index (χ3v) is 8.39. The number of methoxy groups -OCH3 is 1. The molecule has 1 heterocycles. The number of fused-ring (bicyclic) bond motifs is 1. The summed E-state index contributed by atoms with van der Waals surface area (Å²) in [5.41, 5.74) is 2.85. The van der Waals surface area contributed by atoms with Crippen LogP contribution in [0.3, 0.4) is 0 Å². The van der Waals surface area contributed by atoms with Crippen LogP contribution in [0.2, 0.25) is 5.02 Å². The fraction of sp³-hybridized carbons (Fsp3) is 0.269. The Labute approximate surface area is 205 Å². The number of ether oxygens (including phenoxy) is 1. The molecule has 6 nitrogen and oxygen atoms in total. The number of para-hydroxylation sites is 1. The minimum atomic E-state index is -3.95. The molecule has 1 unspecified atom stereocenters. The second-order valence-electron chi connectivity index (χ2n) is 8.32. The maximum Gasteiger partial charge on any atom is 0.268 e. The number of benzene rings is 3. The number of nitrogens with zero attached hydrogens (tertiary/aromatic N) is 2. The van der Waals surface area contributed by atoms with Crippen molar-refractivity contribution in [3.63, 3.8) is 0 Å². The third-order valence-electron chi connectivity index (χ3n) is 6.30. The highest BCUT2D eigenvalue weighted by Gasteiger charge is 2.32. The summed E-state index contributed by atoms with van der Waals surface area (Å²) in [6.45, 7) is 2.28. The summed E-state index contributed by atoms with van der Waals surface area (Å²) >= 11 is 5.99. The molecule has 0 saturated heterocycles. The van der Waals surface area contributed by atoms with E-state index in [-0.39, 0.29) is 28.2 Å². The number of carbonyl (C=O) groups excluding carboxylic acids is 1. The summed E-state index contributed by atoms with van der Waals surface area (Å²) < 4.78 is 34.3. The molecule has 0 fully saturated rings. The maximum absolute atomic E-state index is 13.8. The quantitative estimate of drug-likeness (QED) is 0.461. The minimum absolute atomic E-state index is 0.0231. The molecule has 1 amide bonds. The summed E-state index contributed by atoms with van der Waals surface area (Å²) in [6, 6.07) is 19.1. The van der Waals surface area contributed by atoms with E-state index >= 15 is 0 Å². The largest absolute Gasteiger partial charge is 0.495 e. The predicted octanol–water partition coefficient (Wildman–Crippen LogP) is 5.32. The van der Waals surface area contributed by atoms with E-state index in [1.807, 2.05) is 43.3 Å². The van der Waals surface area contributed by atoms with Gasteiger partial charge >= 0.3 is 0 Å². The number of sulfonamides is 1. The monoisotopic (exact) mass is 498 g/mol. The number of halogens is 1. The van der Waals surface area contributed by atoms with Crippen molar-refractivity contribution in [2.45, 2.75) is 30.7 Å². The van der Waals surface area contributed by atoms with Crippen molar-refractivity contribution >= 4 is 33.2 Å². The van der Waals surface area contributed by atoms with Gasteiger partial charge in [-0.1, -0.05) is 41.9 Å². The molecule has 1 atom stereocenters. The van der Waals surface area contributed by atoms with E-state index in [2.05, 4.69) is 0 Å². The zero-order valence-corrected chi connectivity index (χ0v) is 20.9. The van der Waals surface area contributed by atoms with E-state index in [0.29, 0.717) is 17.3 Å². The average molecular weight is 499 g/mol. The summed E-state index contributed by atoms with van der Waals surface area (Å²) in [4.78, 5) is 14.9. The Kier molecular flexibility index (Phi) is 6.86. The molecular weight excluding hydrogens is 472 g/mol. The fourth-order valence-electron chi connectivity index (χ4n) is 4.22. The maximum atomic E-state index is 13.8. The van der Waals surface area contributed by atoms with Gasteiger partial charge in [-0.15, -0.1) is 0 Å². The molecule has 0 aliphatic carbocycles. The Balaban J connectivity index is 1.70. The molecule has 34 heavy (non-hydrogen) atoms. The molecule has 0 radical (unpaired) electrons. The molecule has 1 aliphatic rings. The molecule has 4 rings (SSSR count). The zero-order valence-electron chi connectivity index (χ0n) is 19.4. The molecule has 0 bridgehead atoms. The highest BCUT2D eigenvalue weighted by Crippen LogP contribution is 2.35. The lowest BCUT2D eigenvalue weighted by molar-refractivity contribution is 0.0742. The van der Waals surface area contributed by atoms with Gasteiger partial charge in [0, 0.05) is 24.2 Å². The van der Waals surface area contributed by atoms with Crippen LogP contribution in [0.5, 0.6) is 5.75 Å². The first kappa shape index (κ1) is 24.1. The topological polar surface area (TPSA) is 66.9 Å². The van der Waals surface area contributed by atoms with Crippen LogP contribution in [-0.4, -0.2) is 39.9 Å². The molecular formula is C26H27ClN2O4S. The van der Waals surface area contributed by atoms with E-state index in [1.54, 1.807) is 30.1 Å². The molecule has 0 spiro atoms. The minimum Gasteiger partial charge on any atom is -0.495 e. The molecule has 0 aromatic heterocycles. The van der Waals surface area contributed by atoms with Gasteiger partial charge in [-0.25, -0.2) is 8.42 Å². The van der Waals surface area contributed by atoms with Gasteiger partial charge in [-0.05, 0) is 67.3 Å². The van der Waals surface area contributed by atoms with E-state index in [4.69, 9.17) is 16.3 Å². The van der Waals surface area contributed by atoms with Gasteiger partial charge in [0.1, 0.15) is 10.6 Å². The summed E-state index contributed by atoms with van der Waals surface area (Å²) in [6.07, 6.45) is 1.55. The van der Waals surface area contributed by atoms with Crippen LogP contribution in [0.15, 0.2) is 71.6 Å². The normalized spacial score (nSPS) is 14.3.